The average molecular weight is 444 g/mol. The second-order valence-corrected chi connectivity index (χ2v) is 8.83. The van der Waals surface area contributed by atoms with Crippen LogP contribution in [0.4, 0.5) is 8.78 Å². The molecular formula is C24H26F2N2O4. The maximum Gasteiger partial charge on any atom is 0.387 e. The Morgan fingerprint density at radius 2 is 2.00 bits per heavy atom. The van der Waals surface area contributed by atoms with Gasteiger partial charge in [-0.3, -0.25) is 9.20 Å². The Bertz CT molecular complexity index is 1150. The van der Waals surface area contributed by atoms with E-state index in [1.54, 1.807) is 12.3 Å². The Labute approximate surface area is 184 Å². The number of aliphatic hydroxyl groups excluding tert-OH is 1. The molecule has 0 bridgehead atoms. The lowest BCUT2D eigenvalue weighted by Gasteiger charge is -2.22. The fourth-order valence-corrected chi connectivity index (χ4v) is 3.76. The van der Waals surface area contributed by atoms with Gasteiger partial charge >= 0.3 is 6.61 Å². The Kier molecular flexibility index (Phi) is 5.90. The zero-order valence-electron chi connectivity index (χ0n) is 18.3. The van der Waals surface area contributed by atoms with Gasteiger partial charge in [0, 0.05) is 23.6 Å². The summed E-state index contributed by atoms with van der Waals surface area (Å²) in [5.74, 6) is 0.0211. The highest BCUT2D eigenvalue weighted by atomic mass is 19.3. The number of rotatable bonds is 9. The first-order valence-electron chi connectivity index (χ1n) is 10.5. The lowest BCUT2D eigenvalue weighted by molar-refractivity contribution is -0.0502. The molecule has 1 aliphatic carbocycles. The van der Waals surface area contributed by atoms with Crippen molar-refractivity contribution in [2.75, 3.05) is 13.7 Å². The number of methoxy groups -OCH3 is 1. The van der Waals surface area contributed by atoms with E-state index >= 15 is 0 Å². The second kappa shape index (κ2) is 8.50. The molecule has 0 spiro atoms. The van der Waals surface area contributed by atoms with Crippen LogP contribution in [0.3, 0.4) is 0 Å². The summed E-state index contributed by atoms with van der Waals surface area (Å²) in [6, 6.07) is 6.84. The maximum absolute atomic E-state index is 13.2. The van der Waals surface area contributed by atoms with E-state index < -0.39 is 12.0 Å². The number of hydrogen-bond acceptors (Lipinski definition) is 5. The number of ether oxygens (including phenoxy) is 2. The Hall–Kier alpha value is -3.00. The van der Waals surface area contributed by atoms with E-state index in [0.717, 1.165) is 18.4 Å². The number of hydrogen-bond donors (Lipinski definition) is 1. The molecule has 1 N–H and O–H groups in total. The van der Waals surface area contributed by atoms with Gasteiger partial charge in [0.05, 0.1) is 25.6 Å². The predicted molar refractivity (Wildman–Crippen MR) is 116 cm³/mol. The van der Waals surface area contributed by atoms with Crippen molar-refractivity contribution >= 4 is 11.4 Å². The summed E-state index contributed by atoms with van der Waals surface area (Å²) in [5.41, 5.74) is 2.34. The van der Waals surface area contributed by atoms with Crippen LogP contribution in [-0.4, -0.2) is 40.6 Å². The first kappa shape index (κ1) is 22.2. The number of pyridine rings is 1. The third kappa shape index (κ3) is 4.32. The highest BCUT2D eigenvalue weighted by Gasteiger charge is 2.30. The number of fused-ring (bicyclic) bond motifs is 1. The summed E-state index contributed by atoms with van der Waals surface area (Å²) < 4.78 is 38.3. The molecule has 0 saturated heterocycles. The van der Waals surface area contributed by atoms with Gasteiger partial charge in [-0.15, -0.1) is 0 Å². The van der Waals surface area contributed by atoms with E-state index in [1.165, 1.54) is 13.2 Å². The van der Waals surface area contributed by atoms with Crippen LogP contribution in [0.2, 0.25) is 0 Å². The van der Waals surface area contributed by atoms with Gasteiger partial charge in [0.25, 0.3) is 0 Å². The van der Waals surface area contributed by atoms with Crippen LogP contribution in [0.15, 0.2) is 36.7 Å². The number of aliphatic hydroxyl groups is 1. The van der Waals surface area contributed by atoms with Crippen LogP contribution in [-0.2, 0) is 5.41 Å². The highest BCUT2D eigenvalue weighted by molar-refractivity contribution is 6.02. The molecule has 170 valence electrons. The number of ketones is 1. The monoisotopic (exact) mass is 444 g/mol. The summed E-state index contributed by atoms with van der Waals surface area (Å²) in [7, 11) is 1.40. The number of carbonyl (C=O) groups excluding carboxylic acids is 1. The molecule has 8 heteroatoms. The normalized spacial score (nSPS) is 14.2. The van der Waals surface area contributed by atoms with E-state index in [4.69, 9.17) is 9.47 Å². The number of alkyl halides is 2. The molecule has 0 unspecified atom stereocenters. The number of aromatic nitrogens is 2. The third-order valence-electron chi connectivity index (χ3n) is 5.94. The minimum absolute atomic E-state index is 0.0153. The van der Waals surface area contributed by atoms with Crippen molar-refractivity contribution in [1.82, 2.24) is 9.38 Å². The number of imidazole rings is 1. The molecule has 4 rings (SSSR count). The standard InChI is InChI=1S/C24H26F2N2O4/c1-24(2,13-29)16-6-7-28-17(12-27-21(28)11-16)15-9-19(31-3)22(18(30)8-14-4-5-14)20(10-15)32-23(25)26/h6-7,9-12,14,23,29H,4-5,8,13H2,1-3H3. The van der Waals surface area contributed by atoms with E-state index in [-0.39, 0.29) is 35.9 Å². The van der Waals surface area contributed by atoms with Gasteiger partial charge in [0.2, 0.25) is 0 Å². The van der Waals surface area contributed by atoms with Gasteiger partial charge in [-0.05, 0) is 48.6 Å². The SMILES string of the molecule is COc1cc(-c2cnc3cc(C(C)(C)CO)ccn23)cc(OC(F)F)c1C(=O)CC1CC1. The third-order valence-corrected chi connectivity index (χ3v) is 5.94. The largest absolute Gasteiger partial charge is 0.496 e. The number of halogens is 2. The zero-order chi connectivity index (χ0) is 23.0. The molecule has 3 aromatic rings. The molecule has 0 radical (unpaired) electrons. The molecule has 1 aliphatic rings. The van der Waals surface area contributed by atoms with E-state index in [2.05, 4.69) is 4.98 Å². The Morgan fingerprint density at radius 3 is 2.62 bits per heavy atom. The smallest absolute Gasteiger partial charge is 0.387 e. The summed E-state index contributed by atoms with van der Waals surface area (Å²) in [4.78, 5) is 17.2. The van der Waals surface area contributed by atoms with Crippen LogP contribution in [0, 0.1) is 5.92 Å². The number of carbonyl (C=O) groups is 1. The first-order chi connectivity index (χ1) is 15.2. The summed E-state index contributed by atoms with van der Waals surface area (Å²) in [5, 5.41) is 9.65. The van der Waals surface area contributed by atoms with Crippen molar-refractivity contribution in [1.29, 1.82) is 0 Å². The van der Waals surface area contributed by atoms with Crippen molar-refractivity contribution < 1.29 is 28.2 Å². The van der Waals surface area contributed by atoms with E-state index in [0.29, 0.717) is 22.8 Å². The van der Waals surface area contributed by atoms with Crippen molar-refractivity contribution in [3.63, 3.8) is 0 Å². The summed E-state index contributed by atoms with van der Waals surface area (Å²) in [6.45, 7) is 0.768. The zero-order valence-corrected chi connectivity index (χ0v) is 18.3. The average Bonchev–Trinajstić information content (AvgIpc) is 3.47. The maximum atomic E-state index is 13.2. The lowest BCUT2D eigenvalue weighted by Crippen LogP contribution is -2.22. The molecule has 0 atom stereocenters. The number of Topliss-reactive ketones (excluding diaryl/α,β-unsaturated/α-hetero) is 1. The van der Waals surface area contributed by atoms with E-state index in [1.807, 2.05) is 36.6 Å². The van der Waals surface area contributed by atoms with Crippen LogP contribution in [0.1, 0.15) is 49.0 Å². The van der Waals surface area contributed by atoms with Gasteiger partial charge in [0.15, 0.2) is 5.78 Å². The van der Waals surface area contributed by atoms with Crippen molar-refractivity contribution in [3.8, 4) is 22.8 Å². The van der Waals surface area contributed by atoms with Crippen LogP contribution < -0.4 is 9.47 Å². The van der Waals surface area contributed by atoms with Gasteiger partial charge in [-0.2, -0.15) is 8.78 Å². The molecule has 0 aliphatic heterocycles. The fourth-order valence-electron chi connectivity index (χ4n) is 3.76. The topological polar surface area (TPSA) is 73.1 Å². The predicted octanol–water partition coefficient (Wildman–Crippen LogP) is 4.86. The molecule has 0 amide bonds. The molecule has 6 nitrogen and oxygen atoms in total. The number of benzene rings is 1. The first-order valence-corrected chi connectivity index (χ1v) is 10.5. The summed E-state index contributed by atoms with van der Waals surface area (Å²) >= 11 is 0. The molecule has 1 aromatic carbocycles. The van der Waals surface area contributed by atoms with Crippen molar-refractivity contribution in [2.24, 2.45) is 5.92 Å². The van der Waals surface area contributed by atoms with Gasteiger partial charge < -0.3 is 14.6 Å². The lowest BCUT2D eigenvalue weighted by atomic mass is 9.86. The van der Waals surface area contributed by atoms with Gasteiger partial charge in [-0.25, -0.2) is 4.98 Å². The van der Waals surface area contributed by atoms with Crippen LogP contribution in [0.5, 0.6) is 11.5 Å². The van der Waals surface area contributed by atoms with Crippen molar-refractivity contribution in [3.05, 3.63) is 47.8 Å². The quantitative estimate of drug-likeness (QED) is 0.477. The molecule has 32 heavy (non-hydrogen) atoms. The Morgan fingerprint density at radius 1 is 1.28 bits per heavy atom. The molecule has 2 aromatic heterocycles. The van der Waals surface area contributed by atoms with Crippen molar-refractivity contribution in [2.45, 2.75) is 45.1 Å². The number of nitrogens with zero attached hydrogens (tertiary/aromatic N) is 2. The minimum Gasteiger partial charge on any atom is -0.496 e. The molecule has 1 saturated carbocycles. The van der Waals surface area contributed by atoms with Gasteiger partial charge in [0.1, 0.15) is 22.7 Å². The fraction of sp³-hybridized carbons (Fsp3) is 0.417. The van der Waals surface area contributed by atoms with Gasteiger partial charge in [-0.1, -0.05) is 13.8 Å². The minimum atomic E-state index is -3.08. The van der Waals surface area contributed by atoms with Crippen LogP contribution in [0.25, 0.3) is 16.9 Å². The highest BCUT2D eigenvalue weighted by Crippen LogP contribution is 2.40. The molecular weight excluding hydrogens is 418 g/mol. The Balaban J connectivity index is 1.81. The summed E-state index contributed by atoms with van der Waals surface area (Å²) in [6.07, 6.45) is 5.66. The van der Waals surface area contributed by atoms with Crippen LogP contribution >= 0.6 is 0 Å². The van der Waals surface area contributed by atoms with E-state index in [9.17, 15) is 18.7 Å². The second-order valence-electron chi connectivity index (χ2n) is 8.83. The molecule has 1 fully saturated rings. The molecule has 2 heterocycles.